The third-order valence-corrected chi connectivity index (χ3v) is 8.96. The molecule has 0 aromatic rings. The van der Waals surface area contributed by atoms with E-state index in [0.29, 0.717) is 5.57 Å². The summed E-state index contributed by atoms with van der Waals surface area (Å²) in [5, 5.41) is 24.8. The second-order valence-corrected chi connectivity index (χ2v) is 11.8. The predicted molar refractivity (Wildman–Crippen MR) is 146 cm³/mol. The van der Waals surface area contributed by atoms with Gasteiger partial charge in [-0.2, -0.15) is 0 Å². The largest absolute Gasteiger partial charge is 0.462 e. The molecule has 10 atom stereocenters. The van der Waals surface area contributed by atoms with Gasteiger partial charge in [0, 0.05) is 45.4 Å². The first-order chi connectivity index (χ1) is 19.4. The predicted octanol–water partition coefficient (Wildman–Crippen LogP) is 1.91. The first-order valence-electron chi connectivity index (χ1n) is 13.8. The molecule has 0 aromatic heterocycles. The van der Waals surface area contributed by atoms with E-state index in [0.717, 1.165) is 20.8 Å². The quantitative estimate of drug-likeness (QED) is 0.253. The molecule has 1 saturated carbocycles. The van der Waals surface area contributed by atoms with Crippen LogP contribution in [-0.4, -0.2) is 87.7 Å². The second kappa shape index (κ2) is 12.3. The van der Waals surface area contributed by atoms with E-state index < -0.39 is 88.8 Å². The van der Waals surface area contributed by atoms with Crippen LogP contribution in [0.4, 0.5) is 0 Å². The van der Waals surface area contributed by atoms with Crippen LogP contribution in [0, 0.1) is 17.3 Å². The fourth-order valence-electron chi connectivity index (χ4n) is 6.54. The van der Waals surface area contributed by atoms with E-state index in [1.807, 2.05) is 0 Å². The maximum atomic E-state index is 13.0. The molecule has 42 heavy (non-hydrogen) atoms. The third kappa shape index (κ3) is 5.93. The maximum Gasteiger partial charge on any atom is 0.312 e. The lowest BCUT2D eigenvalue weighted by molar-refractivity contribution is -0.286. The van der Waals surface area contributed by atoms with Crippen molar-refractivity contribution in [3.8, 4) is 0 Å². The molecule has 2 aliphatic carbocycles. The average Bonchev–Trinajstić information content (AvgIpc) is 3.10. The van der Waals surface area contributed by atoms with Crippen LogP contribution < -0.4 is 0 Å². The fourth-order valence-corrected chi connectivity index (χ4v) is 6.72. The average molecular weight is 615 g/mol. The summed E-state index contributed by atoms with van der Waals surface area (Å²) >= 11 is 6.19. The SMILES string of the molecule is CCC(=O)O[C@@H]1CC(OC(C)=O)[C@]2(C)[C@H](OC(C)=O)/C=C\C(CCl)=C\[C@@H]3OC(=O)C(C)[C@]3(O)[C@@H](OC(C)=O)[C@H]2[C@@]1(C)O. The first kappa shape index (κ1) is 33.5. The van der Waals surface area contributed by atoms with Crippen molar-refractivity contribution in [3.63, 3.8) is 0 Å². The van der Waals surface area contributed by atoms with Crippen molar-refractivity contribution >= 4 is 41.4 Å². The molecular formula is C29H39ClO12. The van der Waals surface area contributed by atoms with Crippen LogP contribution in [0.1, 0.15) is 61.3 Å². The Labute approximate surface area is 249 Å². The number of rotatable bonds is 6. The molecule has 0 radical (unpaired) electrons. The third-order valence-electron chi connectivity index (χ3n) is 8.65. The van der Waals surface area contributed by atoms with Gasteiger partial charge in [-0.25, -0.2) is 0 Å². The zero-order valence-electron chi connectivity index (χ0n) is 24.7. The Bertz CT molecular complexity index is 1180. The van der Waals surface area contributed by atoms with Crippen molar-refractivity contribution in [2.75, 3.05) is 5.88 Å². The van der Waals surface area contributed by atoms with E-state index in [1.165, 1.54) is 32.1 Å². The smallest absolute Gasteiger partial charge is 0.312 e. The summed E-state index contributed by atoms with van der Waals surface area (Å²) < 4.78 is 28.5. The summed E-state index contributed by atoms with van der Waals surface area (Å²) in [7, 11) is 0. The van der Waals surface area contributed by atoms with Gasteiger partial charge in [0.05, 0.1) is 11.3 Å². The molecule has 12 nitrogen and oxygen atoms in total. The van der Waals surface area contributed by atoms with E-state index in [1.54, 1.807) is 13.8 Å². The van der Waals surface area contributed by atoms with Gasteiger partial charge in [-0.1, -0.05) is 19.9 Å². The molecule has 234 valence electrons. The van der Waals surface area contributed by atoms with E-state index in [2.05, 4.69) is 0 Å². The number of alkyl halides is 1. The van der Waals surface area contributed by atoms with E-state index in [4.69, 9.17) is 35.3 Å². The van der Waals surface area contributed by atoms with Gasteiger partial charge in [0.25, 0.3) is 0 Å². The summed E-state index contributed by atoms with van der Waals surface area (Å²) in [5.41, 5.74) is -5.76. The molecule has 0 spiro atoms. The first-order valence-corrected chi connectivity index (χ1v) is 14.3. The number of carbonyl (C=O) groups is 5. The van der Waals surface area contributed by atoms with Crippen molar-refractivity contribution in [1.82, 2.24) is 0 Å². The fraction of sp³-hybridized carbons (Fsp3) is 0.690. The van der Waals surface area contributed by atoms with E-state index in [9.17, 15) is 34.2 Å². The molecule has 1 saturated heterocycles. The Hall–Kier alpha value is -2.96. The van der Waals surface area contributed by atoms with Crippen molar-refractivity contribution in [2.45, 2.75) is 103 Å². The standard InChI is InChI=1S/C29H39ClO12/c1-8-23(34)41-21-12-20(39-16(4)32)27(6)19(38-15(3)31)10-9-18(13-30)11-22-29(37,14(2)26(35)42-22)25(40-17(5)33)24(27)28(21,7)36/h9-11,14,19-22,24-25,36-37H,8,12-13H2,1-7H3/b10-9-,18-11-/t14?,19-,20?,21-,22+,24-,25+,27+,28+,29-/m1/s1. The Morgan fingerprint density at radius 1 is 1.00 bits per heavy atom. The normalized spacial score (nSPS) is 41.5. The number of carbonyl (C=O) groups excluding carboxylic acids is 5. The lowest BCUT2D eigenvalue weighted by Crippen LogP contribution is -2.74. The molecular weight excluding hydrogens is 576 g/mol. The molecule has 0 aromatic carbocycles. The highest BCUT2D eigenvalue weighted by atomic mass is 35.5. The zero-order chi connectivity index (χ0) is 31.8. The highest BCUT2D eigenvalue weighted by Gasteiger charge is 2.72. The number of hydrogen-bond donors (Lipinski definition) is 2. The van der Waals surface area contributed by atoms with Crippen molar-refractivity contribution in [2.24, 2.45) is 17.3 Å². The lowest BCUT2D eigenvalue weighted by Gasteiger charge is -2.60. The minimum atomic E-state index is -2.32. The molecule has 1 aliphatic heterocycles. The topological polar surface area (TPSA) is 172 Å². The van der Waals surface area contributed by atoms with Gasteiger partial charge in [0.2, 0.25) is 0 Å². The highest BCUT2D eigenvalue weighted by Crippen LogP contribution is 2.58. The van der Waals surface area contributed by atoms with E-state index >= 15 is 0 Å². The van der Waals surface area contributed by atoms with Crippen LogP contribution in [0.3, 0.4) is 0 Å². The van der Waals surface area contributed by atoms with Gasteiger partial charge < -0.3 is 33.9 Å². The van der Waals surface area contributed by atoms with Gasteiger partial charge in [0.15, 0.2) is 11.7 Å². The molecule has 13 heteroatoms. The van der Waals surface area contributed by atoms with Crippen molar-refractivity contribution in [3.05, 3.63) is 23.8 Å². The Kier molecular flexibility index (Phi) is 9.85. The van der Waals surface area contributed by atoms with Gasteiger partial charge >= 0.3 is 29.8 Å². The number of fused-ring (bicyclic) bond motifs is 2. The summed E-state index contributed by atoms with van der Waals surface area (Å²) in [5.74, 6) is -6.76. The Morgan fingerprint density at radius 2 is 1.60 bits per heavy atom. The molecule has 1 heterocycles. The molecule has 3 rings (SSSR count). The summed E-state index contributed by atoms with van der Waals surface area (Å²) in [4.78, 5) is 63.0. The van der Waals surface area contributed by atoms with E-state index in [-0.39, 0.29) is 18.7 Å². The highest BCUT2D eigenvalue weighted by molar-refractivity contribution is 6.19. The van der Waals surface area contributed by atoms with Gasteiger partial charge in [-0.05, 0) is 31.6 Å². The monoisotopic (exact) mass is 614 g/mol. The minimum absolute atomic E-state index is 0.0453. The Morgan fingerprint density at radius 3 is 2.12 bits per heavy atom. The van der Waals surface area contributed by atoms with Gasteiger partial charge in [-0.3, -0.25) is 24.0 Å². The molecule has 0 bridgehead atoms. The number of ether oxygens (including phenoxy) is 5. The minimum Gasteiger partial charge on any atom is -0.462 e. The number of allylic oxidation sites excluding steroid dienone is 2. The zero-order valence-corrected chi connectivity index (χ0v) is 25.5. The van der Waals surface area contributed by atoms with Crippen molar-refractivity contribution < 1.29 is 57.9 Å². The van der Waals surface area contributed by atoms with Crippen LogP contribution in [0.2, 0.25) is 0 Å². The lowest BCUT2D eigenvalue weighted by atomic mass is 9.51. The van der Waals surface area contributed by atoms with Crippen LogP contribution in [0.25, 0.3) is 0 Å². The number of halogens is 1. The molecule has 0 amide bonds. The van der Waals surface area contributed by atoms with Crippen LogP contribution >= 0.6 is 11.6 Å². The maximum absolute atomic E-state index is 13.0. The number of aliphatic hydroxyl groups is 2. The van der Waals surface area contributed by atoms with Crippen LogP contribution in [-0.2, 0) is 47.7 Å². The molecule has 3 aliphatic rings. The molecule has 2 N–H and O–H groups in total. The summed E-state index contributed by atoms with van der Waals surface area (Å²) in [6, 6.07) is 0. The molecule has 2 fully saturated rings. The van der Waals surface area contributed by atoms with Crippen LogP contribution in [0.15, 0.2) is 23.8 Å². The Balaban J connectivity index is 2.49. The van der Waals surface area contributed by atoms with Crippen LogP contribution in [0.5, 0.6) is 0 Å². The number of esters is 5. The number of hydrogen-bond acceptors (Lipinski definition) is 12. The summed E-state index contributed by atoms with van der Waals surface area (Å²) in [6.45, 7) is 9.19. The second-order valence-electron chi connectivity index (χ2n) is 11.5. The van der Waals surface area contributed by atoms with Crippen molar-refractivity contribution in [1.29, 1.82) is 0 Å². The molecule has 2 unspecified atom stereocenters. The van der Waals surface area contributed by atoms with Gasteiger partial charge in [0.1, 0.15) is 30.0 Å². The summed E-state index contributed by atoms with van der Waals surface area (Å²) in [6.07, 6.45) is -2.94. The van der Waals surface area contributed by atoms with Gasteiger partial charge in [-0.15, -0.1) is 11.6 Å².